The van der Waals surface area contributed by atoms with Crippen LogP contribution >= 0.6 is 11.6 Å². The molecule has 1 aliphatic carbocycles. The second-order valence-electron chi connectivity index (χ2n) is 5.64. The van der Waals surface area contributed by atoms with Crippen molar-refractivity contribution >= 4 is 23.0 Å². The van der Waals surface area contributed by atoms with Crippen molar-refractivity contribution in [2.75, 3.05) is 11.1 Å². The topological polar surface area (TPSA) is 38.0 Å². The molecule has 100 valence electrons. The van der Waals surface area contributed by atoms with Gasteiger partial charge in [0.05, 0.1) is 10.7 Å². The van der Waals surface area contributed by atoms with Crippen LogP contribution in [0.5, 0.6) is 0 Å². The van der Waals surface area contributed by atoms with Crippen LogP contribution in [0.15, 0.2) is 12.1 Å². The standard InChI is InChI=1S/C15H23ClN2/c1-10-4-3-5-12(7-6-10)18-15-9-13(16)14(17)8-11(15)2/h8-10,12,18H,3-7,17H2,1-2H3. The molecule has 0 saturated heterocycles. The normalized spacial score (nSPS) is 24.6. The van der Waals surface area contributed by atoms with E-state index < -0.39 is 0 Å². The van der Waals surface area contributed by atoms with E-state index in [1.807, 2.05) is 12.1 Å². The summed E-state index contributed by atoms with van der Waals surface area (Å²) in [5.74, 6) is 0.868. The minimum atomic E-state index is 0.577. The van der Waals surface area contributed by atoms with Gasteiger partial charge < -0.3 is 11.1 Å². The molecule has 0 amide bonds. The summed E-state index contributed by atoms with van der Waals surface area (Å²) in [5.41, 5.74) is 8.78. The average Bonchev–Trinajstić information content (AvgIpc) is 2.51. The molecule has 0 spiro atoms. The molecule has 1 aromatic rings. The van der Waals surface area contributed by atoms with E-state index in [-0.39, 0.29) is 0 Å². The summed E-state index contributed by atoms with van der Waals surface area (Å²) in [6.07, 6.45) is 6.51. The highest BCUT2D eigenvalue weighted by Crippen LogP contribution is 2.30. The van der Waals surface area contributed by atoms with Gasteiger partial charge in [0, 0.05) is 11.7 Å². The largest absolute Gasteiger partial charge is 0.398 e. The fraction of sp³-hybridized carbons (Fsp3) is 0.600. The van der Waals surface area contributed by atoms with Gasteiger partial charge in [-0.05, 0) is 49.8 Å². The van der Waals surface area contributed by atoms with Crippen LogP contribution in [0.25, 0.3) is 0 Å². The minimum absolute atomic E-state index is 0.577. The fourth-order valence-electron chi connectivity index (χ4n) is 2.71. The van der Waals surface area contributed by atoms with Gasteiger partial charge in [0.2, 0.25) is 0 Å². The van der Waals surface area contributed by atoms with Crippen LogP contribution in [0.1, 0.15) is 44.6 Å². The Morgan fingerprint density at radius 2 is 2.00 bits per heavy atom. The Bertz CT molecular complexity index is 417. The maximum Gasteiger partial charge on any atom is 0.0656 e. The Balaban J connectivity index is 2.06. The molecule has 0 bridgehead atoms. The lowest BCUT2D eigenvalue weighted by Crippen LogP contribution is -2.19. The van der Waals surface area contributed by atoms with Crippen LogP contribution in [-0.4, -0.2) is 6.04 Å². The molecule has 0 radical (unpaired) electrons. The lowest BCUT2D eigenvalue weighted by atomic mass is 10.0. The first-order valence-electron chi connectivity index (χ1n) is 6.88. The highest BCUT2D eigenvalue weighted by atomic mass is 35.5. The quantitative estimate of drug-likeness (QED) is 0.606. The molecule has 2 unspecified atom stereocenters. The van der Waals surface area contributed by atoms with Crippen molar-refractivity contribution in [3.05, 3.63) is 22.7 Å². The van der Waals surface area contributed by atoms with Gasteiger partial charge in [0.1, 0.15) is 0 Å². The highest BCUT2D eigenvalue weighted by Gasteiger charge is 2.16. The van der Waals surface area contributed by atoms with E-state index in [1.54, 1.807) is 0 Å². The van der Waals surface area contributed by atoms with Gasteiger partial charge in [-0.25, -0.2) is 0 Å². The number of rotatable bonds is 2. The molecule has 1 saturated carbocycles. The van der Waals surface area contributed by atoms with Crippen LogP contribution in [0.3, 0.4) is 0 Å². The summed E-state index contributed by atoms with van der Waals surface area (Å²) in [6.45, 7) is 4.43. The molecule has 0 aromatic heterocycles. The van der Waals surface area contributed by atoms with E-state index in [1.165, 1.54) is 37.7 Å². The fourth-order valence-corrected chi connectivity index (χ4v) is 2.87. The van der Waals surface area contributed by atoms with Crippen molar-refractivity contribution in [1.82, 2.24) is 0 Å². The summed E-state index contributed by atoms with van der Waals surface area (Å²) in [4.78, 5) is 0. The number of aryl methyl sites for hydroxylation is 1. The van der Waals surface area contributed by atoms with Crippen molar-refractivity contribution in [3.63, 3.8) is 0 Å². The number of benzene rings is 1. The monoisotopic (exact) mass is 266 g/mol. The predicted molar refractivity (Wildman–Crippen MR) is 80.3 cm³/mol. The molecule has 1 fully saturated rings. The minimum Gasteiger partial charge on any atom is -0.398 e. The van der Waals surface area contributed by atoms with Gasteiger partial charge in [-0.1, -0.05) is 31.4 Å². The Kier molecular flexibility index (Phi) is 4.39. The SMILES string of the molecule is Cc1cc(N)c(Cl)cc1NC1CCCC(C)CC1. The summed E-state index contributed by atoms with van der Waals surface area (Å²) >= 11 is 6.09. The smallest absolute Gasteiger partial charge is 0.0656 e. The molecule has 3 heteroatoms. The Morgan fingerprint density at radius 1 is 1.22 bits per heavy atom. The molecule has 0 heterocycles. The van der Waals surface area contributed by atoms with Crippen molar-refractivity contribution in [1.29, 1.82) is 0 Å². The van der Waals surface area contributed by atoms with Gasteiger partial charge in [-0.2, -0.15) is 0 Å². The van der Waals surface area contributed by atoms with Gasteiger partial charge in [0.25, 0.3) is 0 Å². The molecular formula is C15H23ClN2. The molecule has 2 atom stereocenters. The van der Waals surface area contributed by atoms with E-state index in [0.717, 1.165) is 11.6 Å². The van der Waals surface area contributed by atoms with Crippen molar-refractivity contribution < 1.29 is 0 Å². The van der Waals surface area contributed by atoms with E-state index in [9.17, 15) is 0 Å². The number of hydrogen-bond donors (Lipinski definition) is 2. The van der Waals surface area contributed by atoms with Gasteiger partial charge in [0.15, 0.2) is 0 Å². The molecule has 3 N–H and O–H groups in total. The lowest BCUT2D eigenvalue weighted by molar-refractivity contribution is 0.502. The van der Waals surface area contributed by atoms with Gasteiger partial charge >= 0.3 is 0 Å². The third kappa shape index (κ3) is 3.32. The molecule has 1 aliphatic rings. The molecule has 2 nitrogen and oxygen atoms in total. The zero-order valence-electron chi connectivity index (χ0n) is 11.3. The number of nitrogens with one attached hydrogen (secondary N) is 1. The second-order valence-corrected chi connectivity index (χ2v) is 6.05. The third-order valence-corrected chi connectivity index (χ3v) is 4.29. The summed E-state index contributed by atoms with van der Waals surface area (Å²) in [6, 6.07) is 4.48. The van der Waals surface area contributed by atoms with E-state index in [0.29, 0.717) is 16.8 Å². The maximum absolute atomic E-state index is 6.09. The van der Waals surface area contributed by atoms with Crippen molar-refractivity contribution in [2.24, 2.45) is 5.92 Å². The third-order valence-electron chi connectivity index (χ3n) is 3.96. The van der Waals surface area contributed by atoms with E-state index in [2.05, 4.69) is 19.2 Å². The Labute approximate surface area is 115 Å². The van der Waals surface area contributed by atoms with E-state index in [4.69, 9.17) is 17.3 Å². The van der Waals surface area contributed by atoms with Crippen LogP contribution in [0.2, 0.25) is 5.02 Å². The van der Waals surface area contributed by atoms with Crippen LogP contribution in [0, 0.1) is 12.8 Å². The zero-order valence-corrected chi connectivity index (χ0v) is 12.1. The zero-order chi connectivity index (χ0) is 13.1. The van der Waals surface area contributed by atoms with Gasteiger partial charge in [-0.3, -0.25) is 0 Å². The first-order valence-corrected chi connectivity index (χ1v) is 7.26. The van der Waals surface area contributed by atoms with Gasteiger partial charge in [-0.15, -0.1) is 0 Å². The van der Waals surface area contributed by atoms with Crippen LogP contribution in [-0.2, 0) is 0 Å². The number of hydrogen-bond acceptors (Lipinski definition) is 2. The van der Waals surface area contributed by atoms with Crippen molar-refractivity contribution in [2.45, 2.75) is 52.0 Å². The van der Waals surface area contributed by atoms with Crippen LogP contribution < -0.4 is 11.1 Å². The first kappa shape index (κ1) is 13.5. The Morgan fingerprint density at radius 3 is 2.78 bits per heavy atom. The number of nitrogen functional groups attached to an aromatic ring is 1. The summed E-state index contributed by atoms with van der Waals surface area (Å²) < 4.78 is 0. The average molecular weight is 267 g/mol. The molecule has 2 rings (SSSR count). The number of halogens is 1. The van der Waals surface area contributed by atoms with Crippen LogP contribution in [0.4, 0.5) is 11.4 Å². The maximum atomic E-state index is 6.09. The summed E-state index contributed by atoms with van der Waals surface area (Å²) in [5, 5.41) is 4.28. The van der Waals surface area contributed by atoms with E-state index >= 15 is 0 Å². The highest BCUT2D eigenvalue weighted by molar-refractivity contribution is 6.33. The second kappa shape index (κ2) is 5.83. The first-order chi connectivity index (χ1) is 8.56. The molecular weight excluding hydrogens is 244 g/mol. The Hall–Kier alpha value is -0.890. The number of nitrogens with two attached hydrogens (primary N) is 1. The molecule has 1 aromatic carbocycles. The lowest BCUT2D eigenvalue weighted by Gasteiger charge is -2.20. The number of anilines is 2. The molecule has 0 aliphatic heterocycles. The predicted octanol–water partition coefficient (Wildman–Crippen LogP) is 4.61. The van der Waals surface area contributed by atoms with Crippen molar-refractivity contribution in [3.8, 4) is 0 Å². The summed E-state index contributed by atoms with van der Waals surface area (Å²) in [7, 11) is 0. The molecule has 18 heavy (non-hydrogen) atoms.